The van der Waals surface area contributed by atoms with Gasteiger partial charge in [-0.25, -0.2) is 0 Å². The third kappa shape index (κ3) is 2.51. The number of hydrogen-bond donors (Lipinski definition) is 1. The number of hydrogen-bond acceptors (Lipinski definition) is 4. The molecule has 0 radical (unpaired) electrons. The number of nitrogens with two attached hydrogens (primary N) is 1. The van der Waals surface area contributed by atoms with Crippen LogP contribution < -0.4 is 5.73 Å². The van der Waals surface area contributed by atoms with Crippen molar-refractivity contribution in [1.29, 1.82) is 0 Å². The van der Waals surface area contributed by atoms with Crippen molar-refractivity contribution in [3.05, 3.63) is 40.5 Å². The minimum atomic E-state index is 0.123. The van der Waals surface area contributed by atoms with Gasteiger partial charge in [-0.2, -0.15) is 0 Å². The van der Waals surface area contributed by atoms with Crippen LogP contribution in [0.3, 0.4) is 0 Å². The zero-order valence-electron chi connectivity index (χ0n) is 9.34. The van der Waals surface area contributed by atoms with E-state index in [1.165, 1.54) is 9.77 Å². The molecule has 0 amide bonds. The highest BCUT2D eigenvalue weighted by molar-refractivity contribution is 7.99. The van der Waals surface area contributed by atoms with E-state index >= 15 is 0 Å². The lowest BCUT2D eigenvalue weighted by Gasteiger charge is -2.18. The Bertz CT molecular complexity index is 434. The summed E-state index contributed by atoms with van der Waals surface area (Å²) in [6.07, 6.45) is 1.73. The molecule has 2 N–H and O–H groups in total. The van der Waals surface area contributed by atoms with Gasteiger partial charge in [-0.15, -0.1) is 23.1 Å². The summed E-state index contributed by atoms with van der Waals surface area (Å²) < 4.78 is 5.30. The van der Waals surface area contributed by atoms with Crippen LogP contribution in [0.15, 0.2) is 39.2 Å². The van der Waals surface area contributed by atoms with Gasteiger partial charge in [-0.3, -0.25) is 0 Å². The number of thioether (sulfide) groups is 1. The van der Waals surface area contributed by atoms with Gasteiger partial charge in [-0.1, -0.05) is 6.07 Å². The molecule has 0 fully saturated rings. The third-order valence-corrected chi connectivity index (χ3v) is 5.09. The Balaban J connectivity index is 2.19. The van der Waals surface area contributed by atoms with E-state index in [1.54, 1.807) is 29.4 Å². The molecule has 2 unspecified atom stereocenters. The number of thiophene rings is 1. The molecule has 2 heterocycles. The molecule has 0 saturated heterocycles. The Labute approximate surface area is 104 Å². The Kier molecular flexibility index (Phi) is 3.74. The second kappa shape index (κ2) is 5.08. The summed E-state index contributed by atoms with van der Waals surface area (Å²) in [6.45, 7) is 4.03. The topological polar surface area (TPSA) is 39.2 Å². The SMILES string of the molecule is Cc1occc1SC(c1cccs1)C(C)N. The van der Waals surface area contributed by atoms with Gasteiger partial charge >= 0.3 is 0 Å². The molecule has 2 nitrogen and oxygen atoms in total. The lowest BCUT2D eigenvalue weighted by molar-refractivity contribution is 0.526. The van der Waals surface area contributed by atoms with Crippen molar-refractivity contribution in [2.24, 2.45) is 5.73 Å². The van der Waals surface area contributed by atoms with E-state index in [0.29, 0.717) is 5.25 Å². The van der Waals surface area contributed by atoms with Crippen molar-refractivity contribution in [2.45, 2.75) is 30.0 Å². The van der Waals surface area contributed by atoms with E-state index in [4.69, 9.17) is 10.2 Å². The molecule has 0 saturated carbocycles. The predicted molar refractivity (Wildman–Crippen MR) is 70.0 cm³/mol. The fraction of sp³-hybridized carbons (Fsp3) is 0.333. The molecule has 0 aromatic carbocycles. The maximum Gasteiger partial charge on any atom is 0.114 e. The first-order valence-electron chi connectivity index (χ1n) is 5.18. The molecule has 2 atom stereocenters. The average Bonchev–Trinajstić information content (AvgIpc) is 2.85. The standard InChI is InChI=1S/C12H15NOS2/c1-8(13)12(11-4-3-7-15-11)16-10-5-6-14-9(10)2/h3-8,12H,13H2,1-2H3. The highest BCUT2D eigenvalue weighted by atomic mass is 32.2. The van der Waals surface area contributed by atoms with Crippen LogP contribution in [-0.4, -0.2) is 6.04 Å². The maximum atomic E-state index is 6.05. The summed E-state index contributed by atoms with van der Waals surface area (Å²) in [5.41, 5.74) is 6.05. The van der Waals surface area contributed by atoms with Crippen LogP contribution >= 0.6 is 23.1 Å². The molecule has 2 rings (SSSR count). The second-order valence-electron chi connectivity index (χ2n) is 3.75. The first-order valence-corrected chi connectivity index (χ1v) is 6.94. The zero-order chi connectivity index (χ0) is 11.5. The van der Waals surface area contributed by atoms with E-state index in [0.717, 1.165) is 5.76 Å². The van der Waals surface area contributed by atoms with Crippen molar-refractivity contribution >= 4 is 23.1 Å². The van der Waals surface area contributed by atoms with Gasteiger partial charge in [0.05, 0.1) is 11.5 Å². The summed E-state index contributed by atoms with van der Waals surface area (Å²) in [6, 6.07) is 6.33. The summed E-state index contributed by atoms with van der Waals surface area (Å²) in [4.78, 5) is 2.50. The highest BCUT2D eigenvalue weighted by Crippen LogP contribution is 2.40. The second-order valence-corrected chi connectivity index (χ2v) is 5.92. The fourth-order valence-corrected chi connectivity index (χ4v) is 3.67. The molecule has 0 aliphatic heterocycles. The Hall–Kier alpha value is -0.710. The smallest absolute Gasteiger partial charge is 0.114 e. The Morgan fingerprint density at radius 1 is 1.44 bits per heavy atom. The van der Waals surface area contributed by atoms with Crippen LogP contribution in [0.2, 0.25) is 0 Å². The fourth-order valence-electron chi connectivity index (χ4n) is 1.51. The van der Waals surface area contributed by atoms with E-state index in [9.17, 15) is 0 Å². The quantitative estimate of drug-likeness (QED) is 0.842. The van der Waals surface area contributed by atoms with Crippen molar-refractivity contribution in [3.63, 3.8) is 0 Å². The summed E-state index contributed by atoms with van der Waals surface area (Å²) in [5.74, 6) is 0.965. The largest absolute Gasteiger partial charge is 0.468 e. The minimum Gasteiger partial charge on any atom is -0.468 e. The van der Waals surface area contributed by atoms with Gasteiger partial charge in [0.1, 0.15) is 5.76 Å². The van der Waals surface area contributed by atoms with Crippen LogP contribution in [0.25, 0.3) is 0 Å². The number of furan rings is 1. The Morgan fingerprint density at radius 3 is 2.75 bits per heavy atom. The average molecular weight is 253 g/mol. The zero-order valence-corrected chi connectivity index (χ0v) is 11.0. The summed E-state index contributed by atoms with van der Waals surface area (Å²) in [5, 5.41) is 2.39. The summed E-state index contributed by atoms with van der Waals surface area (Å²) >= 11 is 3.54. The van der Waals surface area contributed by atoms with Crippen molar-refractivity contribution in [1.82, 2.24) is 0 Å². The molecule has 16 heavy (non-hydrogen) atoms. The first kappa shape index (κ1) is 11.8. The van der Waals surface area contributed by atoms with Gasteiger partial charge in [0.15, 0.2) is 0 Å². The lowest BCUT2D eigenvalue weighted by Crippen LogP contribution is -2.21. The monoisotopic (exact) mass is 253 g/mol. The van der Waals surface area contributed by atoms with Crippen LogP contribution in [0.1, 0.15) is 22.8 Å². The third-order valence-electron chi connectivity index (χ3n) is 2.37. The molecule has 0 spiro atoms. The van der Waals surface area contributed by atoms with Crippen LogP contribution in [0, 0.1) is 6.92 Å². The Morgan fingerprint density at radius 2 is 2.25 bits per heavy atom. The van der Waals surface area contributed by atoms with Gasteiger partial charge in [0.2, 0.25) is 0 Å². The van der Waals surface area contributed by atoms with Crippen LogP contribution in [-0.2, 0) is 0 Å². The number of aryl methyl sites for hydroxylation is 1. The first-order chi connectivity index (χ1) is 7.68. The molecule has 86 valence electrons. The van der Waals surface area contributed by atoms with Crippen LogP contribution in [0.4, 0.5) is 0 Å². The number of rotatable bonds is 4. The normalized spacial score (nSPS) is 14.9. The molecule has 4 heteroatoms. The van der Waals surface area contributed by atoms with E-state index in [1.807, 2.05) is 19.9 Å². The molecule has 0 aliphatic carbocycles. The van der Waals surface area contributed by atoms with Crippen molar-refractivity contribution in [2.75, 3.05) is 0 Å². The van der Waals surface area contributed by atoms with E-state index in [-0.39, 0.29) is 6.04 Å². The van der Waals surface area contributed by atoms with Gasteiger partial charge < -0.3 is 10.2 Å². The lowest BCUT2D eigenvalue weighted by atomic mass is 10.2. The molecule has 0 bridgehead atoms. The highest BCUT2D eigenvalue weighted by Gasteiger charge is 2.20. The van der Waals surface area contributed by atoms with Crippen molar-refractivity contribution < 1.29 is 4.42 Å². The molecule has 0 aliphatic rings. The van der Waals surface area contributed by atoms with Crippen molar-refractivity contribution in [3.8, 4) is 0 Å². The predicted octanol–water partition coefficient (Wildman–Crippen LogP) is 3.83. The molecular weight excluding hydrogens is 238 g/mol. The van der Waals surface area contributed by atoms with E-state index < -0.39 is 0 Å². The molecule has 2 aromatic rings. The van der Waals surface area contributed by atoms with Crippen LogP contribution in [0.5, 0.6) is 0 Å². The van der Waals surface area contributed by atoms with Gasteiger partial charge in [0, 0.05) is 15.8 Å². The summed E-state index contributed by atoms with van der Waals surface area (Å²) in [7, 11) is 0. The molecule has 2 aromatic heterocycles. The van der Waals surface area contributed by atoms with Gasteiger partial charge in [0.25, 0.3) is 0 Å². The molecular formula is C12H15NOS2. The van der Waals surface area contributed by atoms with E-state index in [2.05, 4.69) is 17.5 Å². The minimum absolute atomic E-state index is 0.123. The maximum absolute atomic E-state index is 6.05. The van der Waals surface area contributed by atoms with Gasteiger partial charge in [-0.05, 0) is 31.4 Å².